The number of esters is 2. The molecule has 10 heteroatoms. The summed E-state index contributed by atoms with van der Waals surface area (Å²) in [5.74, 6) is -0.983. The first-order chi connectivity index (χ1) is 20.4. The van der Waals surface area contributed by atoms with E-state index in [9.17, 15) is 19.0 Å². The van der Waals surface area contributed by atoms with E-state index in [1.165, 1.54) is 116 Å². The third-order valence-corrected chi connectivity index (χ3v) is 8.43. The summed E-state index contributed by atoms with van der Waals surface area (Å²) in [4.78, 5) is 33.4. The van der Waals surface area contributed by atoms with Gasteiger partial charge in [0, 0.05) is 13.3 Å². The molecule has 0 aliphatic rings. The van der Waals surface area contributed by atoms with Crippen LogP contribution in [0.3, 0.4) is 0 Å². The number of likely N-dealkylation sites (N-methyl/N-ethyl adjacent to an activating group) is 1. The summed E-state index contributed by atoms with van der Waals surface area (Å²) in [6.07, 6.45) is 25.2. The number of nitrogens with zero attached hydrogens (tertiary/aromatic N) is 1. The van der Waals surface area contributed by atoms with Crippen molar-refractivity contribution < 1.29 is 42.1 Å². The van der Waals surface area contributed by atoms with Crippen LogP contribution < -0.4 is 0 Å². The molecule has 0 aromatic carbocycles. The zero-order valence-corrected chi connectivity index (χ0v) is 29.3. The topological polar surface area (TPSA) is 108 Å². The predicted octanol–water partition coefficient (Wildman–Crippen LogP) is 8.51. The van der Waals surface area contributed by atoms with Gasteiger partial charge >= 0.3 is 19.8 Å². The van der Waals surface area contributed by atoms with Crippen LogP contribution in [0.5, 0.6) is 0 Å². The minimum atomic E-state index is -4.32. The van der Waals surface area contributed by atoms with E-state index in [1.807, 2.05) is 21.1 Å². The molecule has 0 aliphatic carbocycles. The number of phosphoric ester groups is 1. The number of hydrogen-bond donors (Lipinski definition) is 1. The Bertz CT molecular complexity index is 728. The maximum Gasteiger partial charge on any atom is 0.472 e. The Balaban J connectivity index is 3.81. The van der Waals surface area contributed by atoms with Crippen molar-refractivity contribution >= 4 is 19.8 Å². The molecule has 0 amide bonds. The van der Waals surface area contributed by atoms with Crippen LogP contribution in [0, 0.1) is 0 Å². The molecule has 0 aromatic heterocycles. The van der Waals surface area contributed by atoms with Crippen LogP contribution in [0.4, 0.5) is 0 Å². The van der Waals surface area contributed by atoms with Gasteiger partial charge in [-0.3, -0.25) is 18.6 Å². The number of phosphoric acid groups is 1. The van der Waals surface area contributed by atoms with E-state index in [2.05, 4.69) is 6.92 Å². The SMILES string of the molecule is CCCCCCCCCCCCCCCCCCCCCCC(=O)OC(COC(C)=O)COP(=O)(O)OCC[N+](C)(C)C. The van der Waals surface area contributed by atoms with Crippen molar-refractivity contribution in [3.05, 3.63) is 0 Å². The molecule has 43 heavy (non-hydrogen) atoms. The second-order valence-electron chi connectivity index (χ2n) is 13.0. The number of unbranched alkanes of at least 4 members (excludes halogenated alkanes) is 19. The highest BCUT2D eigenvalue weighted by Gasteiger charge is 2.26. The zero-order valence-electron chi connectivity index (χ0n) is 28.5. The highest BCUT2D eigenvalue weighted by atomic mass is 31.2. The average molecular weight is 637 g/mol. The third kappa shape index (κ3) is 32.2. The Labute approximate surface area is 264 Å². The number of quaternary nitrogens is 1. The molecular weight excluding hydrogens is 569 g/mol. The summed E-state index contributed by atoms with van der Waals surface area (Å²) in [5, 5.41) is 0. The number of carbonyl (C=O) groups excluding carboxylic acids is 2. The zero-order chi connectivity index (χ0) is 32.2. The highest BCUT2D eigenvalue weighted by molar-refractivity contribution is 7.47. The second-order valence-corrected chi connectivity index (χ2v) is 14.4. The number of hydrogen-bond acceptors (Lipinski definition) is 7. The van der Waals surface area contributed by atoms with Gasteiger partial charge in [0.25, 0.3) is 0 Å². The molecule has 0 spiro atoms. The van der Waals surface area contributed by atoms with E-state index in [1.54, 1.807) is 0 Å². The summed E-state index contributed by atoms with van der Waals surface area (Å²) in [5.41, 5.74) is 0. The summed E-state index contributed by atoms with van der Waals surface area (Å²) in [6.45, 7) is 3.40. The van der Waals surface area contributed by atoms with Crippen LogP contribution in [-0.4, -0.2) is 74.9 Å². The molecule has 256 valence electrons. The second kappa shape index (κ2) is 27.3. The Hall–Kier alpha value is -0.990. The van der Waals surface area contributed by atoms with Crippen molar-refractivity contribution in [2.75, 3.05) is 47.5 Å². The Morgan fingerprint density at radius 3 is 1.49 bits per heavy atom. The normalized spacial score (nSPS) is 13.9. The van der Waals surface area contributed by atoms with Crippen LogP contribution in [0.25, 0.3) is 0 Å². The highest BCUT2D eigenvalue weighted by Crippen LogP contribution is 2.43. The minimum absolute atomic E-state index is 0.0329. The first-order valence-electron chi connectivity index (χ1n) is 17.2. The molecule has 0 saturated heterocycles. The largest absolute Gasteiger partial charge is 0.472 e. The van der Waals surface area contributed by atoms with E-state index >= 15 is 0 Å². The van der Waals surface area contributed by atoms with Gasteiger partial charge < -0.3 is 18.9 Å². The van der Waals surface area contributed by atoms with Gasteiger partial charge in [-0.25, -0.2) is 4.57 Å². The molecule has 1 N–H and O–H groups in total. The average Bonchev–Trinajstić information content (AvgIpc) is 2.92. The van der Waals surface area contributed by atoms with Crippen LogP contribution in [-0.2, 0) is 32.7 Å². The lowest BCUT2D eigenvalue weighted by atomic mass is 10.0. The summed E-state index contributed by atoms with van der Waals surface area (Å²) < 4.78 is 33.0. The fourth-order valence-electron chi connectivity index (χ4n) is 4.74. The van der Waals surface area contributed by atoms with Crippen LogP contribution >= 0.6 is 7.82 Å². The molecule has 0 heterocycles. The van der Waals surface area contributed by atoms with E-state index in [4.69, 9.17) is 18.5 Å². The minimum Gasteiger partial charge on any atom is -0.462 e. The van der Waals surface area contributed by atoms with Gasteiger partial charge in [-0.05, 0) is 6.42 Å². The Morgan fingerprint density at radius 2 is 1.09 bits per heavy atom. The first-order valence-corrected chi connectivity index (χ1v) is 18.7. The van der Waals surface area contributed by atoms with Gasteiger partial charge in [-0.15, -0.1) is 0 Å². The Kier molecular flexibility index (Phi) is 26.7. The third-order valence-electron chi connectivity index (χ3n) is 7.45. The van der Waals surface area contributed by atoms with Crippen molar-refractivity contribution in [3.63, 3.8) is 0 Å². The quantitative estimate of drug-likeness (QED) is 0.0349. The molecule has 9 nitrogen and oxygen atoms in total. The monoisotopic (exact) mass is 636 g/mol. The number of rotatable bonds is 31. The molecule has 0 saturated carbocycles. The van der Waals surface area contributed by atoms with E-state index in [0.717, 1.165) is 12.8 Å². The molecule has 0 rings (SSSR count). The lowest BCUT2D eigenvalue weighted by molar-refractivity contribution is -0.870. The molecule has 0 radical (unpaired) electrons. The lowest BCUT2D eigenvalue weighted by Gasteiger charge is -2.24. The van der Waals surface area contributed by atoms with Gasteiger partial charge in [0.15, 0.2) is 6.10 Å². The first kappa shape index (κ1) is 42.0. The summed E-state index contributed by atoms with van der Waals surface area (Å²) in [7, 11) is 1.48. The van der Waals surface area contributed by atoms with E-state index < -0.39 is 32.5 Å². The molecule has 2 unspecified atom stereocenters. The van der Waals surface area contributed by atoms with Crippen molar-refractivity contribution in [3.8, 4) is 0 Å². The van der Waals surface area contributed by atoms with Gasteiger partial charge in [0.2, 0.25) is 0 Å². The molecule has 2 atom stereocenters. The van der Waals surface area contributed by atoms with Gasteiger partial charge in [0.1, 0.15) is 19.8 Å². The number of carbonyl (C=O) groups is 2. The standard InChI is InChI=1S/C33H66NO8P/c1-6-7-8-9-10-11-12-13-14-15-16-17-18-19-20-21-22-23-24-25-26-33(36)42-32(29-39-31(2)35)30-41-43(37,38)40-28-27-34(3,4)5/h32H,6-30H2,1-5H3/p+1. The fraction of sp³-hybridized carbons (Fsp3) is 0.939. The van der Waals surface area contributed by atoms with Crippen LogP contribution in [0.1, 0.15) is 149 Å². The summed E-state index contributed by atoms with van der Waals surface area (Å²) in [6, 6.07) is 0. The lowest BCUT2D eigenvalue weighted by Crippen LogP contribution is -2.37. The van der Waals surface area contributed by atoms with Gasteiger partial charge in [-0.1, -0.05) is 129 Å². The maximum absolute atomic E-state index is 12.3. The van der Waals surface area contributed by atoms with Crippen LogP contribution in [0.2, 0.25) is 0 Å². The van der Waals surface area contributed by atoms with E-state index in [0.29, 0.717) is 17.4 Å². The van der Waals surface area contributed by atoms with Gasteiger partial charge in [-0.2, -0.15) is 0 Å². The van der Waals surface area contributed by atoms with Crippen molar-refractivity contribution in [1.82, 2.24) is 0 Å². The predicted molar refractivity (Wildman–Crippen MR) is 174 cm³/mol. The smallest absolute Gasteiger partial charge is 0.462 e. The molecule has 0 aliphatic heterocycles. The van der Waals surface area contributed by atoms with E-state index in [-0.39, 0.29) is 19.6 Å². The van der Waals surface area contributed by atoms with Crippen LogP contribution in [0.15, 0.2) is 0 Å². The molecule has 0 fully saturated rings. The van der Waals surface area contributed by atoms with Crippen molar-refractivity contribution in [2.24, 2.45) is 0 Å². The van der Waals surface area contributed by atoms with Gasteiger partial charge in [0.05, 0.1) is 27.7 Å². The fourth-order valence-corrected chi connectivity index (χ4v) is 5.48. The van der Waals surface area contributed by atoms with Crippen molar-refractivity contribution in [1.29, 1.82) is 0 Å². The van der Waals surface area contributed by atoms with Crippen molar-refractivity contribution in [2.45, 2.75) is 155 Å². The Morgan fingerprint density at radius 1 is 0.674 bits per heavy atom. The molecule has 0 bridgehead atoms. The molecular formula is C33H67NO8P+. The number of ether oxygens (including phenoxy) is 2. The molecule has 0 aromatic rings. The summed E-state index contributed by atoms with van der Waals surface area (Å²) >= 11 is 0. The maximum atomic E-state index is 12.3.